The first-order chi connectivity index (χ1) is 16.5. The number of H-pyrrole nitrogens is 1. The van der Waals surface area contributed by atoms with E-state index in [0.29, 0.717) is 11.6 Å². The number of piperidine rings is 1. The maximum Gasteiger partial charge on any atom is 0.151 e. The molecule has 0 radical (unpaired) electrons. The molecule has 0 spiro atoms. The highest BCUT2D eigenvalue weighted by atomic mass is 19.1. The monoisotopic (exact) mass is 454 g/mol. The van der Waals surface area contributed by atoms with Gasteiger partial charge in [-0.2, -0.15) is 0 Å². The van der Waals surface area contributed by atoms with Crippen molar-refractivity contribution in [3.05, 3.63) is 66.3 Å². The van der Waals surface area contributed by atoms with E-state index in [4.69, 9.17) is 0 Å². The minimum atomic E-state index is -0.288. The van der Waals surface area contributed by atoms with Crippen LogP contribution >= 0.6 is 0 Å². The first kappa shape index (κ1) is 21.0. The van der Waals surface area contributed by atoms with Gasteiger partial charge in [0.1, 0.15) is 17.0 Å². The number of aryl methyl sites for hydroxylation is 2. The highest BCUT2D eigenvalue weighted by molar-refractivity contribution is 5.98. The molecule has 0 aliphatic carbocycles. The van der Waals surface area contributed by atoms with Gasteiger partial charge in [0.25, 0.3) is 0 Å². The van der Waals surface area contributed by atoms with Gasteiger partial charge in [0, 0.05) is 52.9 Å². The maximum absolute atomic E-state index is 15.3. The zero-order chi connectivity index (χ0) is 23.4. The van der Waals surface area contributed by atoms with Gasteiger partial charge in [0.05, 0.1) is 5.52 Å². The van der Waals surface area contributed by atoms with E-state index in [0.717, 1.165) is 76.1 Å². The molecule has 0 unspecified atom stereocenters. The number of likely N-dealkylation sites (tertiary alicyclic amines) is 1. The molecule has 1 aliphatic rings. The summed E-state index contributed by atoms with van der Waals surface area (Å²) >= 11 is 0. The zero-order valence-electron chi connectivity index (χ0n) is 19.6. The summed E-state index contributed by atoms with van der Waals surface area (Å²) in [6.45, 7) is 6.12. The molecule has 34 heavy (non-hydrogen) atoms. The second-order valence-corrected chi connectivity index (χ2v) is 9.40. The Morgan fingerprint density at radius 2 is 1.85 bits per heavy atom. The first-order valence-electron chi connectivity index (χ1n) is 11.7. The van der Waals surface area contributed by atoms with Crippen LogP contribution in [0.3, 0.4) is 0 Å². The number of nitrogens with zero attached hydrogens (tertiary/aromatic N) is 5. The molecule has 1 aromatic carbocycles. The van der Waals surface area contributed by atoms with Gasteiger partial charge in [-0.3, -0.25) is 4.98 Å². The van der Waals surface area contributed by atoms with Crippen molar-refractivity contribution < 1.29 is 4.39 Å². The summed E-state index contributed by atoms with van der Waals surface area (Å²) in [7, 11) is 2.15. The Morgan fingerprint density at radius 1 is 1.03 bits per heavy atom. The Kier molecular flexibility index (Phi) is 4.95. The van der Waals surface area contributed by atoms with Crippen LogP contribution < -0.4 is 0 Å². The van der Waals surface area contributed by atoms with Crippen LogP contribution in [0, 0.1) is 19.7 Å². The van der Waals surface area contributed by atoms with E-state index in [1.807, 2.05) is 31.6 Å². The van der Waals surface area contributed by atoms with Crippen LogP contribution in [0.4, 0.5) is 4.39 Å². The lowest BCUT2D eigenvalue weighted by molar-refractivity contribution is 0.222. The molecule has 1 aliphatic heterocycles. The number of rotatable bonds is 3. The molecule has 0 saturated carbocycles. The van der Waals surface area contributed by atoms with Crippen LogP contribution in [0.15, 0.2) is 49.1 Å². The molecule has 1 N–H and O–H groups in total. The van der Waals surface area contributed by atoms with Gasteiger partial charge < -0.3 is 14.5 Å². The SMILES string of the molecule is Cc1ccncc1-c1cnc2[nH]cc(-c3cc(F)c4nc(C)n(C5CCN(C)CC5)c4c3)c2c1. The van der Waals surface area contributed by atoms with Crippen LogP contribution in [0.5, 0.6) is 0 Å². The van der Waals surface area contributed by atoms with Crippen molar-refractivity contribution in [2.75, 3.05) is 20.1 Å². The summed E-state index contributed by atoms with van der Waals surface area (Å²) in [5.41, 5.74) is 7.02. The molecule has 5 aromatic rings. The average molecular weight is 455 g/mol. The average Bonchev–Trinajstić information content (AvgIpc) is 3.40. The van der Waals surface area contributed by atoms with Crippen LogP contribution in [0.25, 0.3) is 44.3 Å². The summed E-state index contributed by atoms with van der Waals surface area (Å²) in [4.78, 5) is 19.1. The van der Waals surface area contributed by atoms with Crippen molar-refractivity contribution in [2.24, 2.45) is 0 Å². The fraction of sp³-hybridized carbons (Fsp3) is 0.296. The second kappa shape index (κ2) is 8.02. The topological polar surface area (TPSA) is 62.6 Å². The third-order valence-corrected chi connectivity index (χ3v) is 7.17. The third-order valence-electron chi connectivity index (χ3n) is 7.17. The van der Waals surface area contributed by atoms with Gasteiger partial charge in [-0.15, -0.1) is 0 Å². The third kappa shape index (κ3) is 3.39. The van der Waals surface area contributed by atoms with E-state index in [-0.39, 0.29) is 5.82 Å². The molecule has 0 amide bonds. The van der Waals surface area contributed by atoms with Crippen LogP contribution in [0.1, 0.15) is 30.3 Å². The molecule has 6 rings (SSSR count). The highest BCUT2D eigenvalue weighted by Gasteiger charge is 2.24. The molecule has 172 valence electrons. The molecule has 4 aromatic heterocycles. The van der Waals surface area contributed by atoms with Crippen LogP contribution in [-0.4, -0.2) is 49.5 Å². The molecule has 0 atom stereocenters. The Hall–Kier alpha value is -3.58. The predicted octanol–water partition coefficient (Wildman–Crippen LogP) is 5.66. The van der Waals surface area contributed by atoms with Crippen LogP contribution in [0.2, 0.25) is 0 Å². The number of nitrogens with one attached hydrogen (secondary N) is 1. The standard InChI is InChI=1S/C27H27FN6/c1-16-4-7-29-14-22(16)19-10-21-23(15-31-27(21)30-13-19)18-11-24(28)26-25(12-18)34(17(2)32-26)20-5-8-33(3)9-6-20/h4,7,10-15,20H,5-6,8-9H2,1-3H3,(H,30,31). The molecule has 0 bridgehead atoms. The number of fused-ring (bicyclic) bond motifs is 2. The van der Waals surface area contributed by atoms with E-state index in [1.54, 1.807) is 12.3 Å². The van der Waals surface area contributed by atoms with Gasteiger partial charge in [-0.05, 0) is 82.2 Å². The number of benzene rings is 1. The number of aromatic nitrogens is 5. The Bertz CT molecular complexity index is 1520. The summed E-state index contributed by atoms with van der Waals surface area (Å²) in [5, 5.41) is 0.960. The largest absolute Gasteiger partial charge is 0.346 e. The van der Waals surface area contributed by atoms with Crippen molar-refractivity contribution in [1.82, 2.24) is 29.4 Å². The maximum atomic E-state index is 15.3. The van der Waals surface area contributed by atoms with Crippen molar-refractivity contribution >= 4 is 22.1 Å². The number of imidazole rings is 1. The van der Waals surface area contributed by atoms with Crippen molar-refractivity contribution in [3.63, 3.8) is 0 Å². The Balaban J connectivity index is 1.50. The van der Waals surface area contributed by atoms with Gasteiger partial charge in [-0.25, -0.2) is 14.4 Å². The zero-order valence-corrected chi connectivity index (χ0v) is 19.6. The first-order valence-corrected chi connectivity index (χ1v) is 11.7. The highest BCUT2D eigenvalue weighted by Crippen LogP contribution is 2.36. The van der Waals surface area contributed by atoms with E-state index >= 15 is 4.39 Å². The fourth-order valence-corrected chi connectivity index (χ4v) is 5.29. The van der Waals surface area contributed by atoms with E-state index in [2.05, 4.69) is 55.5 Å². The normalized spacial score (nSPS) is 15.5. The molecule has 1 fully saturated rings. The van der Waals surface area contributed by atoms with Crippen molar-refractivity contribution in [1.29, 1.82) is 0 Å². The molecule has 1 saturated heterocycles. The number of aromatic amines is 1. The fourth-order valence-electron chi connectivity index (χ4n) is 5.29. The van der Waals surface area contributed by atoms with Crippen LogP contribution in [-0.2, 0) is 0 Å². The van der Waals surface area contributed by atoms with E-state index in [1.165, 1.54) is 0 Å². The van der Waals surface area contributed by atoms with Gasteiger partial charge >= 0.3 is 0 Å². The smallest absolute Gasteiger partial charge is 0.151 e. The summed E-state index contributed by atoms with van der Waals surface area (Å²) < 4.78 is 17.6. The quantitative estimate of drug-likeness (QED) is 0.382. The Morgan fingerprint density at radius 3 is 2.65 bits per heavy atom. The molecule has 5 heterocycles. The molecule has 6 nitrogen and oxygen atoms in total. The van der Waals surface area contributed by atoms with Crippen molar-refractivity contribution in [3.8, 4) is 22.3 Å². The Labute approximate surface area is 197 Å². The predicted molar refractivity (Wildman–Crippen MR) is 133 cm³/mol. The molecule has 7 heteroatoms. The minimum Gasteiger partial charge on any atom is -0.346 e. The summed E-state index contributed by atoms with van der Waals surface area (Å²) in [6, 6.07) is 8.12. The lowest BCUT2D eigenvalue weighted by atomic mass is 10.00. The van der Waals surface area contributed by atoms with E-state index in [9.17, 15) is 0 Å². The molecular weight excluding hydrogens is 427 g/mol. The number of halogens is 1. The number of hydrogen-bond acceptors (Lipinski definition) is 4. The minimum absolute atomic E-state index is 0.288. The van der Waals surface area contributed by atoms with Gasteiger partial charge in [-0.1, -0.05) is 0 Å². The van der Waals surface area contributed by atoms with Gasteiger partial charge in [0.15, 0.2) is 5.82 Å². The summed E-state index contributed by atoms with van der Waals surface area (Å²) in [6.07, 6.45) is 9.51. The summed E-state index contributed by atoms with van der Waals surface area (Å²) in [5.74, 6) is 0.583. The van der Waals surface area contributed by atoms with E-state index < -0.39 is 0 Å². The second-order valence-electron chi connectivity index (χ2n) is 9.40. The van der Waals surface area contributed by atoms with Gasteiger partial charge in [0.2, 0.25) is 0 Å². The lowest BCUT2D eigenvalue weighted by Gasteiger charge is -2.30. The lowest BCUT2D eigenvalue weighted by Crippen LogP contribution is -2.31. The number of pyridine rings is 2. The number of hydrogen-bond donors (Lipinski definition) is 1. The van der Waals surface area contributed by atoms with Crippen molar-refractivity contribution in [2.45, 2.75) is 32.7 Å². The molecular formula is C27H27FN6.